The molecule has 5 nitrogen and oxygen atoms in total. The molecule has 1 rings (SSSR count). The Morgan fingerprint density at radius 2 is 1.96 bits per heavy atom. The second-order valence-corrected chi connectivity index (χ2v) is 5.44. The Morgan fingerprint density at radius 1 is 1.17 bits per heavy atom. The molecule has 0 aromatic heterocycles. The zero-order valence-electron chi connectivity index (χ0n) is 14.7. The summed E-state index contributed by atoms with van der Waals surface area (Å²) in [6.45, 7) is 7.60. The van der Waals surface area contributed by atoms with E-state index >= 15 is 0 Å². The van der Waals surface area contributed by atoms with Crippen LogP contribution in [0.1, 0.15) is 25.8 Å². The highest BCUT2D eigenvalue weighted by molar-refractivity contribution is 5.80. The van der Waals surface area contributed by atoms with Crippen molar-refractivity contribution in [3.63, 3.8) is 0 Å². The summed E-state index contributed by atoms with van der Waals surface area (Å²) in [5, 5.41) is 6.72. The van der Waals surface area contributed by atoms with E-state index in [1.54, 1.807) is 7.11 Å². The Bertz CT molecular complexity index is 424. The molecule has 1 unspecified atom stereocenters. The van der Waals surface area contributed by atoms with Crippen LogP contribution < -0.4 is 10.6 Å². The van der Waals surface area contributed by atoms with Crippen molar-refractivity contribution in [1.29, 1.82) is 0 Å². The van der Waals surface area contributed by atoms with Crippen LogP contribution in [0.4, 0.5) is 0 Å². The molecule has 23 heavy (non-hydrogen) atoms. The molecule has 2 N–H and O–H groups in total. The molecule has 0 radical (unpaired) electrons. The van der Waals surface area contributed by atoms with E-state index < -0.39 is 0 Å². The first-order valence-corrected chi connectivity index (χ1v) is 8.41. The lowest BCUT2D eigenvalue weighted by Crippen LogP contribution is -2.42. The van der Waals surface area contributed by atoms with Gasteiger partial charge in [-0.3, -0.25) is 4.99 Å². The van der Waals surface area contributed by atoms with Gasteiger partial charge in [-0.2, -0.15) is 0 Å². The Labute approximate surface area is 140 Å². The zero-order valence-corrected chi connectivity index (χ0v) is 14.7. The van der Waals surface area contributed by atoms with Gasteiger partial charge in [0.1, 0.15) is 0 Å². The average molecular weight is 321 g/mol. The fourth-order valence-corrected chi connectivity index (χ4v) is 2.12. The van der Waals surface area contributed by atoms with Gasteiger partial charge in [-0.1, -0.05) is 30.3 Å². The van der Waals surface area contributed by atoms with Crippen molar-refractivity contribution in [2.45, 2.75) is 32.7 Å². The number of hydrogen-bond acceptors (Lipinski definition) is 3. The molecule has 0 saturated carbocycles. The highest BCUT2D eigenvalue weighted by Gasteiger charge is 2.05. The fraction of sp³-hybridized carbons (Fsp3) is 0.611. The molecule has 0 fully saturated rings. The summed E-state index contributed by atoms with van der Waals surface area (Å²) in [4.78, 5) is 4.53. The van der Waals surface area contributed by atoms with E-state index in [4.69, 9.17) is 9.47 Å². The fourth-order valence-electron chi connectivity index (χ4n) is 2.12. The highest BCUT2D eigenvalue weighted by atomic mass is 16.5. The molecule has 0 heterocycles. The van der Waals surface area contributed by atoms with Crippen molar-refractivity contribution in [1.82, 2.24) is 10.6 Å². The van der Waals surface area contributed by atoms with Crippen LogP contribution in [0.25, 0.3) is 0 Å². The summed E-state index contributed by atoms with van der Waals surface area (Å²) >= 11 is 0. The number of ether oxygens (including phenoxy) is 2. The number of nitrogens with one attached hydrogen (secondary N) is 2. The molecule has 1 aromatic rings. The van der Waals surface area contributed by atoms with Gasteiger partial charge in [0.05, 0.1) is 26.4 Å². The van der Waals surface area contributed by atoms with Crippen molar-refractivity contribution in [3.8, 4) is 0 Å². The van der Waals surface area contributed by atoms with Crippen LogP contribution in [0.15, 0.2) is 35.3 Å². The van der Waals surface area contributed by atoms with E-state index in [2.05, 4.69) is 59.8 Å². The van der Waals surface area contributed by atoms with E-state index in [1.165, 1.54) is 5.56 Å². The van der Waals surface area contributed by atoms with Gasteiger partial charge in [0.25, 0.3) is 0 Å². The van der Waals surface area contributed by atoms with Gasteiger partial charge < -0.3 is 20.1 Å². The molecule has 0 spiro atoms. The van der Waals surface area contributed by atoms with Gasteiger partial charge in [-0.15, -0.1) is 0 Å². The largest absolute Gasteiger partial charge is 0.382 e. The van der Waals surface area contributed by atoms with Crippen LogP contribution in [0.3, 0.4) is 0 Å². The molecule has 0 aliphatic carbocycles. The van der Waals surface area contributed by atoms with Gasteiger partial charge in [-0.05, 0) is 32.3 Å². The van der Waals surface area contributed by atoms with Crippen LogP contribution in [0, 0.1) is 0 Å². The Balaban J connectivity index is 2.29. The molecule has 0 saturated heterocycles. The summed E-state index contributed by atoms with van der Waals surface area (Å²) in [6.07, 6.45) is 2.13. The number of benzene rings is 1. The predicted octanol–water partition coefficient (Wildman–Crippen LogP) is 2.23. The van der Waals surface area contributed by atoms with E-state index in [1.807, 2.05) is 0 Å². The Morgan fingerprint density at radius 3 is 2.65 bits per heavy atom. The Kier molecular flexibility index (Phi) is 10.9. The first kappa shape index (κ1) is 19.5. The summed E-state index contributed by atoms with van der Waals surface area (Å²) < 4.78 is 10.4. The van der Waals surface area contributed by atoms with E-state index in [9.17, 15) is 0 Å². The SMILES string of the molecule is CCNC(=NCCOCCOC)NC(C)CCc1ccccc1. The third kappa shape index (κ3) is 9.92. The maximum absolute atomic E-state index is 5.43. The van der Waals surface area contributed by atoms with Crippen molar-refractivity contribution in [2.24, 2.45) is 4.99 Å². The van der Waals surface area contributed by atoms with E-state index in [-0.39, 0.29) is 0 Å². The Hall–Kier alpha value is -1.59. The molecule has 1 atom stereocenters. The van der Waals surface area contributed by atoms with E-state index in [0.29, 0.717) is 32.4 Å². The van der Waals surface area contributed by atoms with Crippen molar-refractivity contribution in [3.05, 3.63) is 35.9 Å². The molecular weight excluding hydrogens is 290 g/mol. The molecule has 0 amide bonds. The first-order chi connectivity index (χ1) is 11.3. The van der Waals surface area contributed by atoms with Crippen molar-refractivity contribution >= 4 is 5.96 Å². The van der Waals surface area contributed by atoms with Crippen LogP contribution >= 0.6 is 0 Å². The number of aryl methyl sites for hydroxylation is 1. The van der Waals surface area contributed by atoms with Gasteiger partial charge in [0.15, 0.2) is 5.96 Å². The first-order valence-electron chi connectivity index (χ1n) is 8.41. The minimum absolute atomic E-state index is 0.363. The lowest BCUT2D eigenvalue weighted by atomic mass is 10.1. The highest BCUT2D eigenvalue weighted by Crippen LogP contribution is 2.04. The monoisotopic (exact) mass is 321 g/mol. The van der Waals surface area contributed by atoms with Gasteiger partial charge in [0, 0.05) is 19.7 Å². The van der Waals surface area contributed by atoms with Crippen LogP contribution in [0.2, 0.25) is 0 Å². The summed E-state index contributed by atoms with van der Waals surface area (Å²) in [7, 11) is 1.67. The number of rotatable bonds is 11. The summed E-state index contributed by atoms with van der Waals surface area (Å²) in [5.74, 6) is 0.850. The number of aliphatic imine (C=N–C) groups is 1. The molecule has 5 heteroatoms. The van der Waals surface area contributed by atoms with Crippen molar-refractivity contribution < 1.29 is 9.47 Å². The third-order valence-electron chi connectivity index (χ3n) is 3.37. The molecule has 0 aliphatic rings. The average Bonchev–Trinajstić information content (AvgIpc) is 2.57. The van der Waals surface area contributed by atoms with Crippen LogP contribution in [-0.2, 0) is 15.9 Å². The van der Waals surface area contributed by atoms with E-state index in [0.717, 1.165) is 25.3 Å². The molecule has 0 bridgehead atoms. The topological polar surface area (TPSA) is 54.9 Å². The number of hydrogen-bond donors (Lipinski definition) is 2. The zero-order chi connectivity index (χ0) is 16.8. The minimum atomic E-state index is 0.363. The third-order valence-corrected chi connectivity index (χ3v) is 3.37. The lowest BCUT2D eigenvalue weighted by Gasteiger charge is -2.18. The predicted molar refractivity (Wildman–Crippen MR) is 96.0 cm³/mol. The second-order valence-electron chi connectivity index (χ2n) is 5.44. The smallest absolute Gasteiger partial charge is 0.191 e. The second kappa shape index (κ2) is 12.9. The number of guanidine groups is 1. The number of methoxy groups -OCH3 is 1. The van der Waals surface area contributed by atoms with Gasteiger partial charge in [0.2, 0.25) is 0 Å². The standard InChI is InChI=1S/C18H31N3O2/c1-4-19-18(20-12-13-23-15-14-22-3)21-16(2)10-11-17-8-6-5-7-9-17/h5-9,16H,4,10-15H2,1-3H3,(H2,19,20,21). The summed E-state index contributed by atoms with van der Waals surface area (Å²) in [6, 6.07) is 10.9. The summed E-state index contributed by atoms with van der Waals surface area (Å²) in [5.41, 5.74) is 1.37. The molecular formula is C18H31N3O2. The quantitative estimate of drug-likeness (QED) is 0.373. The van der Waals surface area contributed by atoms with Gasteiger partial charge in [-0.25, -0.2) is 0 Å². The van der Waals surface area contributed by atoms with Crippen molar-refractivity contribution in [2.75, 3.05) is 40.0 Å². The molecule has 130 valence electrons. The van der Waals surface area contributed by atoms with Crippen LogP contribution in [0.5, 0.6) is 0 Å². The molecule has 0 aliphatic heterocycles. The minimum Gasteiger partial charge on any atom is -0.382 e. The molecule has 1 aromatic carbocycles. The lowest BCUT2D eigenvalue weighted by molar-refractivity contribution is 0.0748. The number of nitrogens with zero attached hydrogens (tertiary/aromatic N) is 1. The van der Waals surface area contributed by atoms with Crippen LogP contribution in [-0.4, -0.2) is 52.0 Å². The normalized spacial score (nSPS) is 12.9. The maximum atomic E-state index is 5.43. The maximum Gasteiger partial charge on any atom is 0.191 e. The van der Waals surface area contributed by atoms with Gasteiger partial charge >= 0.3 is 0 Å².